The molecule has 0 aromatic heterocycles. The van der Waals surface area contributed by atoms with Crippen molar-refractivity contribution >= 4 is 23.5 Å². The highest BCUT2D eigenvalue weighted by Crippen LogP contribution is 2.28. The van der Waals surface area contributed by atoms with Crippen molar-refractivity contribution in [3.63, 3.8) is 0 Å². The van der Waals surface area contributed by atoms with E-state index in [0.29, 0.717) is 19.5 Å². The molecular formula is C17H23N5O3. The summed E-state index contributed by atoms with van der Waals surface area (Å²) < 4.78 is 0. The molecule has 0 spiro atoms. The van der Waals surface area contributed by atoms with Crippen molar-refractivity contribution in [3.05, 3.63) is 29.8 Å². The van der Waals surface area contributed by atoms with E-state index in [1.807, 2.05) is 24.3 Å². The summed E-state index contributed by atoms with van der Waals surface area (Å²) in [4.78, 5) is 41.9. The van der Waals surface area contributed by atoms with Gasteiger partial charge in [-0.1, -0.05) is 18.2 Å². The molecule has 2 atom stereocenters. The summed E-state index contributed by atoms with van der Waals surface area (Å²) in [6.07, 6.45) is 0.426. The highest BCUT2D eigenvalue weighted by Gasteiger charge is 2.39. The highest BCUT2D eigenvalue weighted by atomic mass is 16.2. The molecule has 2 aliphatic heterocycles. The lowest BCUT2D eigenvalue weighted by atomic mass is 10.1. The summed E-state index contributed by atoms with van der Waals surface area (Å²) in [6, 6.07) is 6.47. The molecule has 3 rings (SSSR count). The number of carbonyl (C=O) groups excluding carboxylic acids is 3. The maximum atomic E-state index is 12.8. The molecule has 0 radical (unpaired) electrons. The van der Waals surface area contributed by atoms with Crippen molar-refractivity contribution in [1.29, 1.82) is 0 Å². The maximum absolute atomic E-state index is 12.8. The van der Waals surface area contributed by atoms with E-state index in [1.54, 1.807) is 11.9 Å². The molecule has 8 heteroatoms. The lowest BCUT2D eigenvalue weighted by molar-refractivity contribution is -0.137. The molecule has 8 nitrogen and oxygen atoms in total. The largest absolute Gasteiger partial charge is 0.357 e. The standard InChI is InChI=1S/C17H23N5O3/c1-19-16(24)14-7-12(18)9-21(14)15(23)10-22-13-6-4-3-5-11(13)8-20(2)17(22)25/h3-6,12,14H,7-10,18H2,1-2H3,(H,19,24)/t12-,14+/m1/s1. The first-order valence-electron chi connectivity index (χ1n) is 8.29. The number of carbonyl (C=O) groups is 3. The van der Waals surface area contributed by atoms with Gasteiger partial charge in [0.2, 0.25) is 11.8 Å². The quantitative estimate of drug-likeness (QED) is 0.788. The second-order valence-electron chi connectivity index (χ2n) is 6.53. The van der Waals surface area contributed by atoms with Crippen LogP contribution in [0.4, 0.5) is 10.5 Å². The van der Waals surface area contributed by atoms with E-state index in [9.17, 15) is 14.4 Å². The van der Waals surface area contributed by atoms with E-state index in [4.69, 9.17) is 5.73 Å². The highest BCUT2D eigenvalue weighted by molar-refractivity contribution is 6.00. The van der Waals surface area contributed by atoms with E-state index in [1.165, 1.54) is 16.8 Å². The zero-order valence-corrected chi connectivity index (χ0v) is 14.4. The average molecular weight is 345 g/mol. The number of nitrogens with zero attached hydrogens (tertiary/aromatic N) is 3. The summed E-state index contributed by atoms with van der Waals surface area (Å²) in [5, 5.41) is 2.57. The summed E-state index contributed by atoms with van der Waals surface area (Å²) in [5.41, 5.74) is 7.66. The predicted octanol–water partition coefficient (Wildman–Crippen LogP) is -0.267. The Balaban J connectivity index is 1.82. The van der Waals surface area contributed by atoms with Crippen molar-refractivity contribution in [2.24, 2.45) is 5.73 Å². The fraction of sp³-hybridized carbons (Fsp3) is 0.471. The lowest BCUT2D eigenvalue weighted by Crippen LogP contribution is -2.52. The summed E-state index contributed by atoms with van der Waals surface area (Å²) in [5.74, 6) is -0.510. The van der Waals surface area contributed by atoms with E-state index >= 15 is 0 Å². The van der Waals surface area contributed by atoms with Gasteiger partial charge in [0.05, 0.1) is 5.69 Å². The number of nitrogens with two attached hydrogens (primary N) is 1. The Labute approximate surface area is 146 Å². The van der Waals surface area contributed by atoms with Crippen LogP contribution in [0.2, 0.25) is 0 Å². The van der Waals surface area contributed by atoms with Gasteiger partial charge >= 0.3 is 6.03 Å². The van der Waals surface area contributed by atoms with Gasteiger partial charge in [-0.2, -0.15) is 0 Å². The first-order valence-corrected chi connectivity index (χ1v) is 8.29. The summed E-state index contributed by atoms with van der Waals surface area (Å²) in [6.45, 7) is 0.714. The molecule has 0 saturated carbocycles. The van der Waals surface area contributed by atoms with Gasteiger partial charge in [-0.05, 0) is 18.1 Å². The first-order chi connectivity index (χ1) is 11.9. The zero-order valence-electron chi connectivity index (χ0n) is 14.4. The van der Waals surface area contributed by atoms with Gasteiger partial charge in [0.1, 0.15) is 12.6 Å². The molecule has 3 N–H and O–H groups in total. The smallest absolute Gasteiger partial charge is 0.325 e. The maximum Gasteiger partial charge on any atom is 0.325 e. The molecule has 1 saturated heterocycles. The van der Waals surface area contributed by atoms with Crippen LogP contribution in [-0.4, -0.2) is 66.9 Å². The molecule has 1 aromatic carbocycles. The number of likely N-dealkylation sites (N-methyl/N-ethyl adjacent to an activating group) is 1. The Morgan fingerprint density at radius 3 is 2.76 bits per heavy atom. The van der Waals surface area contributed by atoms with Crippen LogP contribution in [0.1, 0.15) is 12.0 Å². The molecule has 1 aromatic rings. The SMILES string of the molecule is CNC(=O)[C@@H]1C[C@@H](N)CN1C(=O)CN1C(=O)N(C)Cc2ccccc21. The van der Waals surface area contributed by atoms with Crippen molar-refractivity contribution < 1.29 is 14.4 Å². The number of nitrogens with one attached hydrogen (secondary N) is 1. The minimum atomic E-state index is -0.583. The Hall–Kier alpha value is -2.61. The number of hydrogen-bond acceptors (Lipinski definition) is 4. The Morgan fingerprint density at radius 2 is 2.04 bits per heavy atom. The van der Waals surface area contributed by atoms with Gasteiger partial charge in [0.25, 0.3) is 0 Å². The third-order valence-corrected chi connectivity index (χ3v) is 4.74. The van der Waals surface area contributed by atoms with Crippen LogP contribution in [0.25, 0.3) is 0 Å². The molecule has 1 fully saturated rings. The number of hydrogen-bond donors (Lipinski definition) is 2. The summed E-state index contributed by atoms with van der Waals surface area (Å²) >= 11 is 0. The zero-order chi connectivity index (χ0) is 18.1. The van der Waals surface area contributed by atoms with Crippen LogP contribution in [0.3, 0.4) is 0 Å². The van der Waals surface area contributed by atoms with Crippen molar-refractivity contribution in [1.82, 2.24) is 15.1 Å². The number of benzene rings is 1. The molecule has 2 aliphatic rings. The monoisotopic (exact) mass is 345 g/mol. The molecular weight excluding hydrogens is 322 g/mol. The van der Waals surface area contributed by atoms with Crippen LogP contribution >= 0.6 is 0 Å². The number of urea groups is 1. The van der Waals surface area contributed by atoms with E-state index in [2.05, 4.69) is 5.32 Å². The minimum Gasteiger partial charge on any atom is -0.357 e. The number of rotatable bonds is 3. The van der Waals surface area contributed by atoms with Crippen LogP contribution < -0.4 is 16.0 Å². The van der Waals surface area contributed by atoms with E-state index in [0.717, 1.165) is 11.3 Å². The fourth-order valence-corrected chi connectivity index (χ4v) is 3.48. The van der Waals surface area contributed by atoms with Crippen LogP contribution in [0, 0.1) is 0 Å². The topological polar surface area (TPSA) is 99.0 Å². The fourth-order valence-electron chi connectivity index (χ4n) is 3.48. The molecule has 0 unspecified atom stereocenters. The van der Waals surface area contributed by atoms with Gasteiger partial charge in [0, 0.05) is 33.2 Å². The molecule has 4 amide bonds. The molecule has 25 heavy (non-hydrogen) atoms. The van der Waals surface area contributed by atoms with Gasteiger partial charge in [-0.15, -0.1) is 0 Å². The Bertz CT molecular complexity index is 707. The van der Waals surface area contributed by atoms with Crippen molar-refractivity contribution in [2.45, 2.75) is 25.0 Å². The number of likely N-dealkylation sites (tertiary alicyclic amines) is 1. The lowest BCUT2D eigenvalue weighted by Gasteiger charge is -2.36. The Kier molecular flexibility index (Phi) is 4.63. The molecule has 2 heterocycles. The van der Waals surface area contributed by atoms with Crippen molar-refractivity contribution in [3.8, 4) is 0 Å². The number of anilines is 1. The van der Waals surface area contributed by atoms with Gasteiger partial charge in [0.15, 0.2) is 0 Å². The second kappa shape index (κ2) is 6.72. The number of fused-ring (bicyclic) bond motifs is 1. The third-order valence-electron chi connectivity index (χ3n) is 4.74. The van der Waals surface area contributed by atoms with Gasteiger partial charge in [-0.3, -0.25) is 14.5 Å². The molecule has 134 valence electrons. The first kappa shape index (κ1) is 17.2. The van der Waals surface area contributed by atoms with Crippen LogP contribution in [0.15, 0.2) is 24.3 Å². The van der Waals surface area contributed by atoms with Crippen molar-refractivity contribution in [2.75, 3.05) is 32.1 Å². The van der Waals surface area contributed by atoms with E-state index < -0.39 is 6.04 Å². The number of para-hydroxylation sites is 1. The second-order valence-corrected chi connectivity index (χ2v) is 6.53. The molecule has 0 aliphatic carbocycles. The summed E-state index contributed by atoms with van der Waals surface area (Å²) in [7, 11) is 3.24. The van der Waals surface area contributed by atoms with Gasteiger partial charge in [-0.25, -0.2) is 4.79 Å². The third kappa shape index (κ3) is 3.17. The Morgan fingerprint density at radius 1 is 1.32 bits per heavy atom. The number of amides is 4. The molecule has 0 bridgehead atoms. The van der Waals surface area contributed by atoms with Gasteiger partial charge < -0.3 is 20.9 Å². The predicted molar refractivity (Wildman–Crippen MR) is 92.8 cm³/mol. The van der Waals surface area contributed by atoms with E-state index in [-0.39, 0.29) is 30.4 Å². The normalized spacial score (nSPS) is 22.8. The van der Waals surface area contributed by atoms with Crippen LogP contribution in [0.5, 0.6) is 0 Å². The average Bonchev–Trinajstić information content (AvgIpc) is 3.00. The minimum absolute atomic E-state index is 0.111. The van der Waals surface area contributed by atoms with Crippen LogP contribution in [-0.2, 0) is 16.1 Å².